The van der Waals surface area contributed by atoms with Crippen LogP contribution in [-0.2, 0) is 6.54 Å². The number of carbonyl (C=O) groups excluding carboxylic acids is 1. The lowest BCUT2D eigenvalue weighted by atomic mass is 10.2. The van der Waals surface area contributed by atoms with Crippen molar-refractivity contribution in [1.82, 2.24) is 10.6 Å². The topological polar surface area (TPSA) is 44.4 Å². The van der Waals surface area contributed by atoms with Crippen molar-refractivity contribution in [2.24, 2.45) is 0 Å². The van der Waals surface area contributed by atoms with Crippen molar-refractivity contribution >= 4 is 23.3 Å². The number of hydrogen-bond donors (Lipinski definition) is 2. The second kappa shape index (κ2) is 8.29. The summed E-state index contributed by atoms with van der Waals surface area (Å²) in [7, 11) is 2.00. The summed E-state index contributed by atoms with van der Waals surface area (Å²) in [5, 5.41) is 6.33. The third-order valence-electron chi connectivity index (χ3n) is 3.27. The molecule has 5 heteroatoms. The minimum atomic E-state index is -0.179. The Bertz CT molecular complexity index is 604. The van der Waals surface area contributed by atoms with Crippen molar-refractivity contribution < 1.29 is 4.79 Å². The van der Waals surface area contributed by atoms with E-state index >= 15 is 0 Å². The van der Waals surface area contributed by atoms with Crippen molar-refractivity contribution in [3.05, 3.63) is 65.2 Å². The summed E-state index contributed by atoms with van der Waals surface area (Å²) in [6, 6.07) is 17.3. The number of anilines is 1. The summed E-state index contributed by atoms with van der Waals surface area (Å²) in [4.78, 5) is 13.8. The fraction of sp³-hybridized carbons (Fsp3) is 0.235. The van der Waals surface area contributed by atoms with Crippen LogP contribution in [0.3, 0.4) is 0 Å². The highest BCUT2D eigenvalue weighted by atomic mass is 35.5. The number of urea groups is 1. The third kappa shape index (κ3) is 5.30. The van der Waals surface area contributed by atoms with Crippen LogP contribution in [0.1, 0.15) is 5.56 Å². The van der Waals surface area contributed by atoms with Crippen LogP contribution in [0, 0.1) is 0 Å². The molecule has 0 saturated carbocycles. The van der Waals surface area contributed by atoms with Gasteiger partial charge in [-0.2, -0.15) is 0 Å². The molecule has 0 spiro atoms. The molecule has 2 aromatic rings. The summed E-state index contributed by atoms with van der Waals surface area (Å²) in [5.41, 5.74) is 2.10. The number of carbonyl (C=O) groups is 1. The summed E-state index contributed by atoms with van der Waals surface area (Å²) < 4.78 is 0. The first-order valence-corrected chi connectivity index (χ1v) is 7.55. The van der Waals surface area contributed by atoms with Crippen LogP contribution in [0.5, 0.6) is 0 Å². The summed E-state index contributed by atoms with van der Waals surface area (Å²) in [5.74, 6) is 0. The van der Waals surface area contributed by atoms with Gasteiger partial charge in [-0.05, 0) is 29.8 Å². The van der Waals surface area contributed by atoms with Gasteiger partial charge >= 0.3 is 6.03 Å². The molecule has 2 N–H and O–H groups in total. The highest BCUT2D eigenvalue weighted by Crippen LogP contribution is 2.10. The van der Waals surface area contributed by atoms with Gasteiger partial charge in [0.05, 0.1) is 0 Å². The van der Waals surface area contributed by atoms with E-state index in [4.69, 9.17) is 11.6 Å². The molecule has 0 aliphatic rings. The number of halogens is 1. The molecule has 0 fully saturated rings. The number of nitrogens with zero attached hydrogens (tertiary/aromatic N) is 1. The monoisotopic (exact) mass is 317 g/mol. The Morgan fingerprint density at radius 1 is 1.09 bits per heavy atom. The molecule has 0 heterocycles. The third-order valence-corrected chi connectivity index (χ3v) is 3.51. The Balaban J connectivity index is 1.68. The molecule has 0 aromatic heterocycles. The Hall–Kier alpha value is -2.20. The largest absolute Gasteiger partial charge is 0.373 e. The van der Waals surface area contributed by atoms with Crippen LogP contribution in [0.2, 0.25) is 5.02 Å². The lowest BCUT2D eigenvalue weighted by molar-refractivity contribution is 0.241. The van der Waals surface area contributed by atoms with Gasteiger partial charge in [0.15, 0.2) is 0 Å². The van der Waals surface area contributed by atoms with E-state index in [2.05, 4.69) is 15.5 Å². The Morgan fingerprint density at radius 3 is 2.59 bits per heavy atom. The average Bonchev–Trinajstić information content (AvgIpc) is 2.54. The van der Waals surface area contributed by atoms with E-state index in [9.17, 15) is 4.79 Å². The summed E-state index contributed by atoms with van der Waals surface area (Å²) >= 11 is 5.90. The van der Waals surface area contributed by atoms with E-state index < -0.39 is 0 Å². The van der Waals surface area contributed by atoms with Crippen LogP contribution in [-0.4, -0.2) is 26.2 Å². The van der Waals surface area contributed by atoms with Crippen LogP contribution >= 0.6 is 11.6 Å². The predicted molar refractivity (Wildman–Crippen MR) is 91.4 cm³/mol. The SMILES string of the molecule is CN(CCNC(=O)NCc1cccc(Cl)c1)c1ccccc1. The maximum Gasteiger partial charge on any atom is 0.315 e. The second-order valence-corrected chi connectivity index (χ2v) is 5.43. The highest BCUT2D eigenvalue weighted by molar-refractivity contribution is 6.30. The van der Waals surface area contributed by atoms with Gasteiger partial charge in [0.2, 0.25) is 0 Å². The maximum absolute atomic E-state index is 11.7. The molecule has 2 amide bonds. The molecule has 0 saturated heterocycles. The fourth-order valence-electron chi connectivity index (χ4n) is 2.04. The summed E-state index contributed by atoms with van der Waals surface area (Å²) in [6.45, 7) is 1.78. The molecule has 0 aliphatic heterocycles. The summed E-state index contributed by atoms with van der Waals surface area (Å²) in [6.07, 6.45) is 0. The van der Waals surface area contributed by atoms with E-state index in [0.29, 0.717) is 18.1 Å². The molecular weight excluding hydrogens is 298 g/mol. The smallest absolute Gasteiger partial charge is 0.315 e. The lowest BCUT2D eigenvalue weighted by Crippen LogP contribution is -2.39. The minimum Gasteiger partial charge on any atom is -0.373 e. The van der Waals surface area contributed by atoms with Crippen LogP contribution in [0.25, 0.3) is 0 Å². The van der Waals surface area contributed by atoms with Gasteiger partial charge in [0, 0.05) is 37.4 Å². The van der Waals surface area contributed by atoms with Crippen LogP contribution in [0.4, 0.5) is 10.5 Å². The van der Waals surface area contributed by atoms with Crippen molar-refractivity contribution in [3.8, 4) is 0 Å². The second-order valence-electron chi connectivity index (χ2n) is 5.00. The van der Waals surface area contributed by atoms with Crippen LogP contribution in [0.15, 0.2) is 54.6 Å². The van der Waals surface area contributed by atoms with E-state index in [-0.39, 0.29) is 6.03 Å². The van der Waals surface area contributed by atoms with Crippen molar-refractivity contribution in [3.63, 3.8) is 0 Å². The zero-order valence-electron chi connectivity index (χ0n) is 12.6. The number of benzene rings is 2. The first-order valence-electron chi connectivity index (χ1n) is 7.17. The van der Waals surface area contributed by atoms with Crippen LogP contribution < -0.4 is 15.5 Å². The number of nitrogens with one attached hydrogen (secondary N) is 2. The van der Waals surface area contributed by atoms with Gasteiger partial charge in [-0.1, -0.05) is 41.9 Å². The number of amides is 2. The fourth-order valence-corrected chi connectivity index (χ4v) is 2.25. The number of hydrogen-bond acceptors (Lipinski definition) is 2. The first kappa shape index (κ1) is 16.2. The van der Waals surface area contributed by atoms with E-state index in [1.165, 1.54) is 0 Å². The zero-order valence-corrected chi connectivity index (χ0v) is 13.3. The Labute approximate surface area is 136 Å². The molecule has 22 heavy (non-hydrogen) atoms. The molecule has 116 valence electrons. The van der Waals surface area contributed by atoms with E-state index in [1.807, 2.05) is 61.6 Å². The lowest BCUT2D eigenvalue weighted by Gasteiger charge is -2.19. The number of likely N-dealkylation sites (N-methyl/N-ethyl adjacent to an activating group) is 1. The van der Waals surface area contributed by atoms with Gasteiger partial charge in [-0.25, -0.2) is 4.79 Å². The van der Waals surface area contributed by atoms with Gasteiger partial charge in [-0.3, -0.25) is 0 Å². The molecule has 0 atom stereocenters. The Morgan fingerprint density at radius 2 is 1.86 bits per heavy atom. The molecular formula is C17H20ClN3O. The van der Waals surface area contributed by atoms with Gasteiger partial charge < -0.3 is 15.5 Å². The average molecular weight is 318 g/mol. The number of para-hydroxylation sites is 1. The van der Waals surface area contributed by atoms with Crippen molar-refractivity contribution in [2.45, 2.75) is 6.54 Å². The van der Waals surface area contributed by atoms with E-state index in [1.54, 1.807) is 0 Å². The predicted octanol–water partition coefficient (Wildman–Crippen LogP) is 3.28. The number of rotatable bonds is 6. The van der Waals surface area contributed by atoms with E-state index in [0.717, 1.165) is 17.8 Å². The standard InChI is InChI=1S/C17H20ClN3O/c1-21(16-8-3-2-4-9-16)11-10-19-17(22)20-13-14-6-5-7-15(18)12-14/h2-9,12H,10-11,13H2,1H3,(H2,19,20,22). The normalized spacial score (nSPS) is 10.1. The molecule has 0 radical (unpaired) electrons. The minimum absolute atomic E-state index is 0.179. The van der Waals surface area contributed by atoms with Gasteiger partial charge in [-0.15, -0.1) is 0 Å². The zero-order chi connectivity index (χ0) is 15.8. The molecule has 0 aliphatic carbocycles. The molecule has 2 rings (SSSR count). The quantitative estimate of drug-likeness (QED) is 0.859. The molecule has 4 nitrogen and oxygen atoms in total. The molecule has 0 bridgehead atoms. The molecule has 2 aromatic carbocycles. The van der Waals surface area contributed by atoms with Crippen molar-refractivity contribution in [1.29, 1.82) is 0 Å². The first-order chi connectivity index (χ1) is 10.6. The Kier molecular flexibility index (Phi) is 6.10. The van der Waals surface area contributed by atoms with Gasteiger partial charge in [0.1, 0.15) is 0 Å². The highest BCUT2D eigenvalue weighted by Gasteiger charge is 2.03. The van der Waals surface area contributed by atoms with Gasteiger partial charge in [0.25, 0.3) is 0 Å². The molecule has 0 unspecified atom stereocenters. The van der Waals surface area contributed by atoms with Crippen molar-refractivity contribution in [2.75, 3.05) is 25.0 Å². The maximum atomic E-state index is 11.7.